The Morgan fingerprint density at radius 2 is 1.51 bits per heavy atom. The molecule has 7 rings (SSSR count). The molecule has 172 valence electrons. The van der Waals surface area contributed by atoms with Crippen LogP contribution in [0.5, 0.6) is 0 Å². The number of nitrogens with zero attached hydrogens (tertiary/aromatic N) is 2. The number of rotatable bonds is 3. The van der Waals surface area contributed by atoms with E-state index in [4.69, 9.17) is 4.42 Å². The summed E-state index contributed by atoms with van der Waals surface area (Å²) >= 11 is 0. The average Bonchev–Trinajstić information content (AvgIpc) is 3.52. The normalized spacial score (nSPS) is 13.0. The molecule has 4 aromatic carbocycles. The van der Waals surface area contributed by atoms with Gasteiger partial charge in [0.05, 0.1) is 5.56 Å². The minimum Gasteiger partial charge on any atom is -0.452 e. The number of para-hydroxylation sites is 3. The molecule has 0 saturated carbocycles. The first-order chi connectivity index (χ1) is 17.0. The molecule has 3 heterocycles. The fourth-order valence-corrected chi connectivity index (χ4v) is 5.99. The highest BCUT2D eigenvalue weighted by molar-refractivity contribution is 6.10. The minimum absolute atomic E-state index is 0.346. The number of hydrogen-bond acceptors (Lipinski definition) is 1. The van der Waals surface area contributed by atoms with Crippen molar-refractivity contribution >= 4 is 33.0 Å². The van der Waals surface area contributed by atoms with Gasteiger partial charge in [-0.3, -0.25) is 0 Å². The van der Waals surface area contributed by atoms with E-state index in [9.17, 15) is 0 Å². The molecular formula is C32H29N2O+. The highest BCUT2D eigenvalue weighted by Gasteiger charge is 2.37. The molecule has 0 radical (unpaired) electrons. The van der Waals surface area contributed by atoms with Gasteiger partial charge in [-0.1, -0.05) is 82.3 Å². The highest BCUT2D eigenvalue weighted by atomic mass is 16.3. The molecule has 3 nitrogen and oxygen atoms in total. The van der Waals surface area contributed by atoms with Gasteiger partial charge < -0.3 is 4.42 Å². The van der Waals surface area contributed by atoms with E-state index in [-0.39, 0.29) is 0 Å². The van der Waals surface area contributed by atoms with Crippen molar-refractivity contribution in [3.63, 3.8) is 0 Å². The molecule has 0 spiro atoms. The second-order valence-electron chi connectivity index (χ2n) is 10.4. The van der Waals surface area contributed by atoms with Crippen LogP contribution in [-0.2, 0) is 6.54 Å². The fourth-order valence-electron chi connectivity index (χ4n) is 5.99. The summed E-state index contributed by atoms with van der Waals surface area (Å²) in [5.41, 5.74) is 11.0. The second-order valence-corrected chi connectivity index (χ2v) is 10.4. The Balaban J connectivity index is 1.72. The Morgan fingerprint density at radius 1 is 0.800 bits per heavy atom. The summed E-state index contributed by atoms with van der Waals surface area (Å²) in [5, 5.41) is 2.45. The first kappa shape index (κ1) is 20.5. The smallest absolute Gasteiger partial charge is 0.295 e. The summed E-state index contributed by atoms with van der Waals surface area (Å²) < 4.78 is 11.7. The molecule has 0 bridgehead atoms. The van der Waals surface area contributed by atoms with E-state index in [1.807, 2.05) is 0 Å². The molecule has 0 unspecified atom stereocenters. The number of benzene rings is 4. The molecule has 0 atom stereocenters. The third kappa shape index (κ3) is 2.75. The molecule has 0 fully saturated rings. The van der Waals surface area contributed by atoms with Crippen LogP contribution in [0, 0.1) is 0 Å². The van der Waals surface area contributed by atoms with E-state index in [2.05, 4.69) is 116 Å². The van der Waals surface area contributed by atoms with E-state index in [0.717, 1.165) is 17.7 Å². The van der Waals surface area contributed by atoms with Gasteiger partial charge >= 0.3 is 0 Å². The maximum absolute atomic E-state index is 6.76. The standard InChI is InChI=1S/C32H29N2O/c1-19(2)24-17-25(20(3)4)30(31-29(24)23-13-7-10-16-28(23)35-31)34-27-15-9-8-14-26(27)33-18-21-11-5-6-12-22(21)32(33)34/h5-17,19-20H,18H2,1-4H3/q+1. The van der Waals surface area contributed by atoms with Crippen LogP contribution in [-0.4, -0.2) is 4.57 Å². The van der Waals surface area contributed by atoms with Crippen LogP contribution in [0.4, 0.5) is 0 Å². The van der Waals surface area contributed by atoms with Crippen LogP contribution in [0.3, 0.4) is 0 Å². The number of imidazole rings is 1. The Bertz CT molecular complexity index is 1780. The zero-order valence-corrected chi connectivity index (χ0v) is 20.7. The van der Waals surface area contributed by atoms with E-state index in [0.29, 0.717) is 11.8 Å². The van der Waals surface area contributed by atoms with Crippen molar-refractivity contribution in [3.8, 4) is 17.1 Å². The van der Waals surface area contributed by atoms with Crippen LogP contribution in [0.1, 0.15) is 56.2 Å². The summed E-state index contributed by atoms with van der Waals surface area (Å²) in [7, 11) is 0. The Labute approximate surface area is 205 Å². The molecule has 3 heteroatoms. The lowest BCUT2D eigenvalue weighted by molar-refractivity contribution is -0.645. The summed E-state index contributed by atoms with van der Waals surface area (Å²) in [4.78, 5) is 0. The second kappa shape index (κ2) is 7.32. The van der Waals surface area contributed by atoms with Gasteiger partial charge in [0.1, 0.15) is 12.1 Å². The summed E-state index contributed by atoms with van der Waals surface area (Å²) in [5.74, 6) is 1.98. The molecule has 6 aromatic rings. The Hall–Kier alpha value is -3.85. The van der Waals surface area contributed by atoms with Crippen molar-refractivity contribution < 1.29 is 8.98 Å². The largest absolute Gasteiger partial charge is 0.452 e. The predicted molar refractivity (Wildman–Crippen MR) is 143 cm³/mol. The minimum atomic E-state index is 0.346. The molecule has 0 amide bonds. The number of aromatic nitrogens is 2. The Kier molecular flexibility index (Phi) is 4.29. The SMILES string of the molecule is CC(C)c1cc(C(C)C)c2c(oc3ccccc32)c1-n1c2[n+](c3ccccc31)Cc1ccccc1-2. The lowest BCUT2D eigenvalue weighted by Crippen LogP contribution is -2.31. The van der Waals surface area contributed by atoms with Crippen molar-refractivity contribution in [2.24, 2.45) is 0 Å². The van der Waals surface area contributed by atoms with Crippen molar-refractivity contribution in [3.05, 3.63) is 95.6 Å². The molecule has 0 N–H and O–H groups in total. The molecule has 1 aliphatic heterocycles. The third-order valence-electron chi connectivity index (χ3n) is 7.62. The summed E-state index contributed by atoms with van der Waals surface area (Å²) in [6.07, 6.45) is 0. The molecule has 1 aliphatic rings. The van der Waals surface area contributed by atoms with E-state index < -0.39 is 0 Å². The van der Waals surface area contributed by atoms with Crippen LogP contribution >= 0.6 is 0 Å². The van der Waals surface area contributed by atoms with Gasteiger partial charge in [-0.2, -0.15) is 4.57 Å². The van der Waals surface area contributed by atoms with Crippen LogP contribution in [0.15, 0.2) is 83.3 Å². The van der Waals surface area contributed by atoms with E-state index in [1.54, 1.807) is 0 Å². The third-order valence-corrected chi connectivity index (χ3v) is 7.62. The van der Waals surface area contributed by atoms with Gasteiger partial charge in [-0.05, 0) is 41.7 Å². The van der Waals surface area contributed by atoms with Gasteiger partial charge in [-0.25, -0.2) is 4.57 Å². The van der Waals surface area contributed by atoms with Gasteiger partial charge in [-0.15, -0.1) is 0 Å². The maximum atomic E-state index is 6.76. The molecular weight excluding hydrogens is 428 g/mol. The molecule has 35 heavy (non-hydrogen) atoms. The van der Waals surface area contributed by atoms with Gasteiger partial charge in [0.15, 0.2) is 22.3 Å². The summed E-state index contributed by atoms with van der Waals surface area (Å²) in [6.45, 7) is 10.1. The van der Waals surface area contributed by atoms with Crippen molar-refractivity contribution in [2.75, 3.05) is 0 Å². The molecule has 2 aromatic heterocycles. The Morgan fingerprint density at radius 3 is 2.34 bits per heavy atom. The number of furan rings is 1. The number of fused-ring (bicyclic) bond motifs is 8. The highest BCUT2D eigenvalue weighted by Crippen LogP contribution is 2.44. The van der Waals surface area contributed by atoms with Crippen LogP contribution in [0.25, 0.3) is 50.0 Å². The zero-order chi connectivity index (χ0) is 23.8. The van der Waals surface area contributed by atoms with Crippen molar-refractivity contribution in [2.45, 2.75) is 46.1 Å². The van der Waals surface area contributed by atoms with E-state index in [1.165, 1.54) is 55.6 Å². The van der Waals surface area contributed by atoms with Crippen LogP contribution < -0.4 is 4.57 Å². The topological polar surface area (TPSA) is 21.9 Å². The lowest BCUT2D eigenvalue weighted by Gasteiger charge is -2.17. The molecule has 0 saturated heterocycles. The van der Waals surface area contributed by atoms with Gasteiger partial charge in [0.2, 0.25) is 0 Å². The average molecular weight is 458 g/mol. The quantitative estimate of drug-likeness (QED) is 0.246. The van der Waals surface area contributed by atoms with Crippen molar-refractivity contribution in [1.82, 2.24) is 4.57 Å². The zero-order valence-electron chi connectivity index (χ0n) is 20.7. The summed E-state index contributed by atoms with van der Waals surface area (Å²) in [6, 6.07) is 28.5. The fraction of sp³-hybridized carbons (Fsp3) is 0.219. The maximum Gasteiger partial charge on any atom is 0.295 e. The van der Waals surface area contributed by atoms with Crippen molar-refractivity contribution in [1.29, 1.82) is 0 Å². The lowest BCUT2D eigenvalue weighted by atomic mass is 9.90. The first-order valence-electron chi connectivity index (χ1n) is 12.6. The predicted octanol–water partition coefficient (Wildman–Crippen LogP) is 8.09. The monoisotopic (exact) mass is 457 g/mol. The van der Waals surface area contributed by atoms with Crippen LogP contribution in [0.2, 0.25) is 0 Å². The van der Waals surface area contributed by atoms with E-state index >= 15 is 0 Å². The first-order valence-corrected chi connectivity index (χ1v) is 12.6. The van der Waals surface area contributed by atoms with Gasteiger partial charge in [0, 0.05) is 21.9 Å². The molecule has 0 aliphatic carbocycles. The number of hydrogen-bond donors (Lipinski definition) is 0. The van der Waals surface area contributed by atoms with Gasteiger partial charge in [0.25, 0.3) is 5.82 Å².